The fourth-order valence-electron chi connectivity index (χ4n) is 10.9. The number of amidine groups is 1. The van der Waals surface area contributed by atoms with Crippen LogP contribution in [0.15, 0.2) is 120 Å². The van der Waals surface area contributed by atoms with E-state index in [9.17, 15) is 19.5 Å². The minimum atomic E-state index is -1.41. The summed E-state index contributed by atoms with van der Waals surface area (Å²) < 4.78 is 48.4. The van der Waals surface area contributed by atoms with Crippen LogP contribution in [0.25, 0.3) is 45.3 Å². The van der Waals surface area contributed by atoms with Gasteiger partial charge >= 0.3 is 5.69 Å². The molecule has 1 N–H and O–H groups in total. The molecular weight excluding hydrogens is 1030 g/mol. The van der Waals surface area contributed by atoms with Crippen molar-refractivity contribution in [3.05, 3.63) is 171 Å². The van der Waals surface area contributed by atoms with Crippen LogP contribution in [0.4, 0.5) is 30.5 Å². The maximum atomic E-state index is 16.4. The van der Waals surface area contributed by atoms with Gasteiger partial charge in [-0.15, -0.1) is 0 Å². The average molecular weight is 1090 g/mol. The second-order valence-corrected chi connectivity index (χ2v) is 21.1. The summed E-state index contributed by atoms with van der Waals surface area (Å²) in [6.07, 6.45) is 2.91. The normalized spacial score (nSPS) is 17.8. The van der Waals surface area contributed by atoms with E-state index in [0.717, 1.165) is 5.56 Å². The number of aliphatic hydroxyl groups excluding tert-OH is 1. The third-order valence-electron chi connectivity index (χ3n) is 14.8. The number of rotatable bonds is 10. The van der Waals surface area contributed by atoms with Crippen LogP contribution in [0.5, 0.6) is 0 Å². The van der Waals surface area contributed by atoms with Crippen molar-refractivity contribution in [1.29, 1.82) is 0 Å². The summed E-state index contributed by atoms with van der Waals surface area (Å²) in [5.74, 6) is -1.72. The van der Waals surface area contributed by atoms with Crippen molar-refractivity contribution >= 4 is 63.7 Å². The molecule has 4 aromatic heterocycles. The smallest absolute Gasteiger partial charge is 0.355 e. The zero-order valence-electron chi connectivity index (χ0n) is 44.8. The molecule has 0 bridgehead atoms. The number of carbonyl (C=O) groups is 2. The first-order chi connectivity index (χ1) is 37.8. The van der Waals surface area contributed by atoms with Crippen LogP contribution in [0.1, 0.15) is 81.5 Å². The number of aliphatic hydroxyl groups is 1. The third kappa shape index (κ3) is 10.1. The molecule has 406 valence electrons. The number of fused-ring (bicyclic) bond motifs is 2. The maximum absolute atomic E-state index is 16.4. The molecule has 7 heterocycles. The highest BCUT2D eigenvalue weighted by Gasteiger charge is 2.38. The van der Waals surface area contributed by atoms with Crippen molar-refractivity contribution in [2.45, 2.75) is 78.7 Å². The lowest BCUT2D eigenvalue weighted by Crippen LogP contribution is -2.56. The zero-order chi connectivity index (χ0) is 56.1. The average Bonchev–Trinajstić information content (AvgIpc) is 3.63. The van der Waals surface area contributed by atoms with Gasteiger partial charge in [-0.05, 0) is 104 Å². The highest BCUT2D eigenvalue weighted by molar-refractivity contribution is 6.33. The SMILES string of the molecule is C=CC(=O)N1CCN(c2nc(=O)n(-c3c(C(C)C)cc(/C=C\C(=O)N4CCN(C5=NC(O)N(c6ccccc6C(C)C)c6nc(-c7ccccc7F)c(Cl)cc65)[C@@H](C)C4)nc3C)c3nc(-c4ccccc4F)c(F)cc23)[C@@H](C)C1. The summed E-state index contributed by atoms with van der Waals surface area (Å²) in [7, 11) is 0. The fourth-order valence-corrected chi connectivity index (χ4v) is 11.2. The summed E-state index contributed by atoms with van der Waals surface area (Å²) in [5.41, 5.74) is 3.35. The number of amides is 2. The Hall–Kier alpha value is -8.22. The Morgan fingerprint density at radius 3 is 1.95 bits per heavy atom. The van der Waals surface area contributed by atoms with Crippen LogP contribution < -0.4 is 15.5 Å². The van der Waals surface area contributed by atoms with E-state index in [1.807, 2.05) is 61.8 Å². The van der Waals surface area contributed by atoms with Crippen molar-refractivity contribution < 1.29 is 27.9 Å². The van der Waals surface area contributed by atoms with Gasteiger partial charge < -0.3 is 24.7 Å². The number of pyridine rings is 3. The van der Waals surface area contributed by atoms with Crippen LogP contribution in [-0.2, 0) is 9.59 Å². The van der Waals surface area contributed by atoms with Crippen molar-refractivity contribution in [3.8, 4) is 28.2 Å². The molecule has 3 aliphatic heterocycles. The summed E-state index contributed by atoms with van der Waals surface area (Å²) in [5, 5.41) is 12.4. The fraction of sp³-hybridized carbons (Fsp3) is 0.300. The Kier molecular flexibility index (Phi) is 15.0. The Bertz CT molecular complexity index is 3720. The molecule has 0 saturated carbocycles. The lowest BCUT2D eigenvalue weighted by Gasteiger charge is -2.44. The maximum Gasteiger partial charge on any atom is 0.355 e. The molecule has 3 aliphatic rings. The van der Waals surface area contributed by atoms with Gasteiger partial charge in [0.1, 0.15) is 40.6 Å². The van der Waals surface area contributed by atoms with Crippen molar-refractivity contribution in [2.75, 3.05) is 49.1 Å². The highest BCUT2D eigenvalue weighted by atomic mass is 35.5. The first-order valence-electron chi connectivity index (χ1n) is 26.3. The molecule has 2 saturated heterocycles. The Labute approximate surface area is 460 Å². The topological polar surface area (TPSA) is 156 Å². The summed E-state index contributed by atoms with van der Waals surface area (Å²) in [6, 6.07) is 23.7. The number of benzene rings is 3. The third-order valence-corrected chi connectivity index (χ3v) is 15.1. The number of aromatic nitrogens is 5. The monoisotopic (exact) mass is 1090 g/mol. The van der Waals surface area contributed by atoms with Gasteiger partial charge in [0.05, 0.1) is 44.4 Å². The summed E-state index contributed by atoms with van der Waals surface area (Å²) >= 11 is 6.96. The quantitative estimate of drug-likeness (QED) is 0.130. The predicted molar refractivity (Wildman–Crippen MR) is 302 cm³/mol. The van der Waals surface area contributed by atoms with Crippen LogP contribution >= 0.6 is 11.6 Å². The number of nitrogens with zero attached hydrogens (tertiary/aromatic N) is 11. The number of para-hydroxylation sites is 1. The summed E-state index contributed by atoms with van der Waals surface area (Å²) in [4.78, 5) is 74.2. The minimum absolute atomic E-state index is 0.0302. The number of piperazine rings is 2. The number of carbonyl (C=O) groups excluding carboxylic acids is 2. The number of anilines is 3. The van der Waals surface area contributed by atoms with Gasteiger partial charge in [0, 0.05) is 68.6 Å². The molecule has 0 spiro atoms. The van der Waals surface area contributed by atoms with Crippen LogP contribution in [0, 0.1) is 24.4 Å². The Morgan fingerprint density at radius 2 is 1.32 bits per heavy atom. The van der Waals surface area contributed by atoms with Crippen LogP contribution in [0.3, 0.4) is 0 Å². The number of aliphatic imine (C=N–C) groups is 1. The van der Waals surface area contributed by atoms with Crippen molar-refractivity contribution in [2.24, 2.45) is 4.99 Å². The van der Waals surface area contributed by atoms with Crippen molar-refractivity contribution in [3.63, 3.8) is 0 Å². The molecule has 2 fully saturated rings. The molecule has 10 rings (SSSR count). The molecule has 3 atom stereocenters. The van der Waals surface area contributed by atoms with E-state index in [1.165, 1.54) is 47.1 Å². The number of aryl methyl sites for hydroxylation is 1. The van der Waals surface area contributed by atoms with Gasteiger partial charge in [-0.1, -0.05) is 88.3 Å². The predicted octanol–water partition coefficient (Wildman–Crippen LogP) is 10.2. The van der Waals surface area contributed by atoms with E-state index < -0.39 is 29.5 Å². The second kappa shape index (κ2) is 21.9. The first kappa shape index (κ1) is 54.1. The number of hydrogen-bond donors (Lipinski definition) is 1. The van der Waals surface area contributed by atoms with E-state index in [0.29, 0.717) is 65.2 Å². The van der Waals surface area contributed by atoms with E-state index in [1.54, 1.807) is 64.1 Å². The molecule has 19 heteroatoms. The van der Waals surface area contributed by atoms with Gasteiger partial charge in [0.25, 0.3) is 0 Å². The van der Waals surface area contributed by atoms with Crippen LogP contribution in [0.2, 0.25) is 5.02 Å². The highest BCUT2D eigenvalue weighted by Crippen LogP contribution is 2.43. The summed E-state index contributed by atoms with van der Waals surface area (Å²) in [6.45, 7) is 19.0. The van der Waals surface area contributed by atoms with Gasteiger partial charge in [0.2, 0.25) is 18.2 Å². The lowest BCUT2D eigenvalue weighted by atomic mass is 9.99. The molecule has 0 aliphatic carbocycles. The van der Waals surface area contributed by atoms with Crippen LogP contribution in [-0.4, -0.2) is 120 Å². The molecule has 3 aromatic carbocycles. The van der Waals surface area contributed by atoms with Gasteiger partial charge in [0.15, 0.2) is 5.65 Å². The molecule has 2 amide bonds. The minimum Gasteiger partial charge on any atom is -0.355 e. The first-order valence-corrected chi connectivity index (χ1v) is 26.6. The van der Waals surface area contributed by atoms with E-state index in [4.69, 9.17) is 31.5 Å². The zero-order valence-corrected chi connectivity index (χ0v) is 45.6. The van der Waals surface area contributed by atoms with Gasteiger partial charge in [-0.3, -0.25) is 19.5 Å². The van der Waals surface area contributed by atoms with E-state index in [2.05, 4.69) is 25.4 Å². The van der Waals surface area contributed by atoms with E-state index in [-0.39, 0.29) is 99.8 Å². The largest absolute Gasteiger partial charge is 0.355 e. The number of hydrogen-bond acceptors (Lipinski definition) is 12. The molecule has 1 unspecified atom stereocenters. The Balaban J connectivity index is 0.957. The molecule has 79 heavy (non-hydrogen) atoms. The molecule has 15 nitrogen and oxygen atoms in total. The Morgan fingerprint density at radius 1 is 0.709 bits per heavy atom. The standard InChI is InChI=1S/C60H59ClF3N11O4/c1-9-50(76)70-24-26-73(35(6)31-70)56-44-30-48(64)53(41-18-11-14-20-47(41)63)67-58(44)75(60(79)69-56)54-37(8)65-38(28-42(54)34(4)5)22-23-51(77)71-25-27-72(36(7)32-71)55-43-29-45(61)52(40-17-10-13-19-46(40)62)66-57(43)74(59(78)68-55)49-21-15-12-16-39(49)33(2)3/h9-23,28-30,33-36,59,78H,1,24-27,31-32H2,2-8H3/b23-22-/t35-,36-,59?/m0/s1. The van der Waals surface area contributed by atoms with Crippen molar-refractivity contribution in [1.82, 2.24) is 39.2 Å². The molecule has 0 radical (unpaired) electrons. The molecule has 7 aromatic rings. The lowest BCUT2D eigenvalue weighted by molar-refractivity contribution is -0.128. The van der Waals surface area contributed by atoms with Gasteiger partial charge in [-0.25, -0.2) is 37.5 Å². The number of halogens is 4. The second-order valence-electron chi connectivity index (χ2n) is 20.7. The van der Waals surface area contributed by atoms with E-state index >= 15 is 13.2 Å². The van der Waals surface area contributed by atoms with Gasteiger partial charge in [-0.2, -0.15) is 4.98 Å². The molecular formula is C60H59ClF3N11O4.